The van der Waals surface area contributed by atoms with E-state index in [1.54, 1.807) is 0 Å². The highest BCUT2D eigenvalue weighted by Gasteiger charge is 2.10. The first-order valence-corrected chi connectivity index (χ1v) is 8.04. The van der Waals surface area contributed by atoms with Crippen molar-refractivity contribution in [1.82, 2.24) is 15.2 Å². The van der Waals surface area contributed by atoms with E-state index < -0.39 is 0 Å². The number of rotatable bonds is 5. The molecule has 2 rings (SSSR count). The van der Waals surface area contributed by atoms with E-state index in [1.165, 1.54) is 0 Å². The lowest BCUT2D eigenvalue weighted by atomic mass is 10.2. The molecule has 124 valence electrons. The molecule has 0 bridgehead atoms. The minimum absolute atomic E-state index is 0.407. The van der Waals surface area contributed by atoms with Crippen LogP contribution in [-0.2, 0) is 13.1 Å². The number of halogens is 1. The Morgan fingerprint density at radius 3 is 2.70 bits per heavy atom. The number of benzene rings is 1. The first kappa shape index (κ1) is 17.3. The van der Waals surface area contributed by atoms with Gasteiger partial charge >= 0.3 is 0 Å². The van der Waals surface area contributed by atoms with Gasteiger partial charge in [-0.25, -0.2) is 9.98 Å². The maximum absolute atomic E-state index is 6.23. The number of hydrogen-bond acceptors (Lipinski definition) is 3. The third kappa shape index (κ3) is 4.73. The average molecular weight is 335 g/mol. The number of nitrogens with one attached hydrogen (secondary N) is 1. The summed E-state index contributed by atoms with van der Waals surface area (Å²) >= 11 is 6.23. The smallest absolute Gasteiger partial charge is 0.216 e. The molecule has 5 nitrogen and oxygen atoms in total. The molecule has 23 heavy (non-hydrogen) atoms. The van der Waals surface area contributed by atoms with Crippen molar-refractivity contribution in [1.29, 1.82) is 0 Å². The van der Waals surface area contributed by atoms with Crippen molar-refractivity contribution in [3.05, 3.63) is 52.2 Å². The minimum atomic E-state index is 0.407. The van der Waals surface area contributed by atoms with Crippen molar-refractivity contribution in [3.63, 3.8) is 0 Å². The molecule has 1 aromatic heterocycles. The van der Waals surface area contributed by atoms with Gasteiger partial charge in [0, 0.05) is 25.2 Å². The topological polar surface area (TPSA) is 53.7 Å². The van der Waals surface area contributed by atoms with Gasteiger partial charge < -0.3 is 14.6 Å². The van der Waals surface area contributed by atoms with Crippen molar-refractivity contribution in [3.8, 4) is 0 Å². The summed E-state index contributed by atoms with van der Waals surface area (Å²) in [5, 5.41) is 4.04. The van der Waals surface area contributed by atoms with Crippen LogP contribution in [-0.4, -0.2) is 29.4 Å². The highest BCUT2D eigenvalue weighted by molar-refractivity contribution is 6.31. The van der Waals surface area contributed by atoms with Gasteiger partial charge in [0.2, 0.25) is 5.89 Å². The summed E-state index contributed by atoms with van der Waals surface area (Å²) in [7, 11) is 1.98. The molecule has 0 atom stereocenters. The number of nitrogens with zero attached hydrogens (tertiary/aromatic N) is 3. The second kappa shape index (κ2) is 8.02. The number of aromatic nitrogens is 1. The molecule has 0 radical (unpaired) electrons. The summed E-state index contributed by atoms with van der Waals surface area (Å²) in [6.45, 7) is 7.75. The predicted molar refractivity (Wildman–Crippen MR) is 93.7 cm³/mol. The second-order valence-electron chi connectivity index (χ2n) is 5.37. The van der Waals surface area contributed by atoms with E-state index in [4.69, 9.17) is 16.0 Å². The van der Waals surface area contributed by atoms with Crippen LogP contribution in [0, 0.1) is 13.8 Å². The maximum Gasteiger partial charge on any atom is 0.216 e. The van der Waals surface area contributed by atoms with Crippen molar-refractivity contribution in [2.45, 2.75) is 33.9 Å². The van der Waals surface area contributed by atoms with Crippen LogP contribution in [0.25, 0.3) is 0 Å². The Kier molecular flexibility index (Phi) is 6.04. The molecule has 1 heterocycles. The number of oxazole rings is 1. The van der Waals surface area contributed by atoms with Gasteiger partial charge in [-0.2, -0.15) is 0 Å². The molecule has 0 aliphatic heterocycles. The van der Waals surface area contributed by atoms with Crippen LogP contribution < -0.4 is 5.32 Å². The van der Waals surface area contributed by atoms with E-state index in [9.17, 15) is 0 Å². The lowest BCUT2D eigenvalue weighted by molar-refractivity contribution is 0.458. The van der Waals surface area contributed by atoms with Gasteiger partial charge in [0.15, 0.2) is 5.96 Å². The zero-order valence-electron chi connectivity index (χ0n) is 14.1. The Morgan fingerprint density at radius 1 is 1.35 bits per heavy atom. The number of guanidine groups is 1. The van der Waals surface area contributed by atoms with E-state index >= 15 is 0 Å². The van der Waals surface area contributed by atoms with Gasteiger partial charge in [-0.15, -0.1) is 0 Å². The highest BCUT2D eigenvalue weighted by Crippen LogP contribution is 2.16. The number of aliphatic imine (C=N–C) groups is 1. The van der Waals surface area contributed by atoms with Crippen molar-refractivity contribution < 1.29 is 4.42 Å². The molecule has 2 aromatic rings. The zero-order valence-corrected chi connectivity index (χ0v) is 14.8. The van der Waals surface area contributed by atoms with Gasteiger partial charge in [0.1, 0.15) is 12.3 Å². The molecule has 0 aliphatic rings. The fraction of sp³-hybridized carbons (Fsp3) is 0.412. The Balaban J connectivity index is 2.10. The summed E-state index contributed by atoms with van der Waals surface area (Å²) < 4.78 is 5.57. The molecule has 0 fully saturated rings. The van der Waals surface area contributed by atoms with Crippen LogP contribution in [0.1, 0.15) is 29.8 Å². The third-order valence-electron chi connectivity index (χ3n) is 3.50. The van der Waals surface area contributed by atoms with Gasteiger partial charge in [-0.1, -0.05) is 29.8 Å². The molecule has 1 aromatic carbocycles. The van der Waals surface area contributed by atoms with E-state index in [2.05, 4.69) is 15.3 Å². The lowest BCUT2D eigenvalue weighted by Crippen LogP contribution is -2.38. The summed E-state index contributed by atoms with van der Waals surface area (Å²) in [4.78, 5) is 11.0. The van der Waals surface area contributed by atoms with Crippen LogP contribution >= 0.6 is 11.6 Å². The summed E-state index contributed by atoms with van der Waals surface area (Å²) in [5.41, 5.74) is 1.97. The standard InChI is InChI=1S/C17H23ClN4O/c1-5-19-17(20-10-16-21-12(2)13(3)23-16)22(4)11-14-8-6-7-9-15(14)18/h6-9H,5,10-11H2,1-4H3,(H,19,20). The monoisotopic (exact) mass is 334 g/mol. The number of aryl methyl sites for hydroxylation is 2. The molecular formula is C17H23ClN4O. The third-order valence-corrected chi connectivity index (χ3v) is 3.87. The zero-order chi connectivity index (χ0) is 16.8. The molecule has 0 saturated heterocycles. The maximum atomic E-state index is 6.23. The molecule has 0 spiro atoms. The van der Waals surface area contributed by atoms with E-state index in [0.717, 1.165) is 34.5 Å². The quantitative estimate of drug-likeness (QED) is 0.671. The molecular weight excluding hydrogens is 312 g/mol. The normalized spacial score (nSPS) is 11.6. The van der Waals surface area contributed by atoms with Crippen LogP contribution in [0.15, 0.2) is 33.7 Å². The Hall–Kier alpha value is -2.01. The molecule has 1 N–H and O–H groups in total. The van der Waals surface area contributed by atoms with Crippen molar-refractivity contribution in [2.24, 2.45) is 4.99 Å². The van der Waals surface area contributed by atoms with Crippen LogP contribution in [0.2, 0.25) is 5.02 Å². The van der Waals surface area contributed by atoms with Crippen molar-refractivity contribution in [2.75, 3.05) is 13.6 Å². The van der Waals surface area contributed by atoms with Gasteiger partial charge in [-0.05, 0) is 32.4 Å². The summed E-state index contributed by atoms with van der Waals surface area (Å²) in [5.74, 6) is 2.26. The Morgan fingerprint density at radius 2 is 2.09 bits per heavy atom. The van der Waals surface area contributed by atoms with E-state index in [1.807, 2.05) is 57.0 Å². The minimum Gasteiger partial charge on any atom is -0.444 e. The summed E-state index contributed by atoms with van der Waals surface area (Å²) in [6.07, 6.45) is 0. The molecule has 0 aliphatic carbocycles. The highest BCUT2D eigenvalue weighted by atomic mass is 35.5. The van der Waals surface area contributed by atoms with Crippen molar-refractivity contribution >= 4 is 17.6 Å². The van der Waals surface area contributed by atoms with E-state index in [-0.39, 0.29) is 0 Å². The molecule has 6 heteroatoms. The van der Waals surface area contributed by atoms with Crippen LogP contribution in [0.3, 0.4) is 0 Å². The molecule has 0 amide bonds. The fourth-order valence-electron chi connectivity index (χ4n) is 2.18. The average Bonchev–Trinajstić information content (AvgIpc) is 2.84. The SMILES string of the molecule is CCNC(=NCc1nc(C)c(C)o1)N(C)Cc1ccccc1Cl. The first-order chi connectivity index (χ1) is 11.0. The van der Waals surface area contributed by atoms with Crippen LogP contribution in [0.4, 0.5) is 0 Å². The number of hydrogen-bond donors (Lipinski definition) is 1. The Labute approximate surface area is 142 Å². The summed E-state index contributed by atoms with van der Waals surface area (Å²) in [6, 6.07) is 7.83. The molecule has 0 saturated carbocycles. The van der Waals surface area contributed by atoms with Gasteiger partial charge in [0.05, 0.1) is 5.69 Å². The van der Waals surface area contributed by atoms with E-state index in [0.29, 0.717) is 19.0 Å². The predicted octanol–water partition coefficient (Wildman–Crippen LogP) is 3.54. The lowest BCUT2D eigenvalue weighted by Gasteiger charge is -2.22. The molecule has 0 unspecified atom stereocenters. The van der Waals surface area contributed by atoms with Gasteiger partial charge in [0.25, 0.3) is 0 Å². The second-order valence-corrected chi connectivity index (χ2v) is 5.77. The first-order valence-electron chi connectivity index (χ1n) is 7.67. The Bertz CT molecular complexity index is 661. The van der Waals surface area contributed by atoms with Crippen LogP contribution in [0.5, 0.6) is 0 Å². The largest absolute Gasteiger partial charge is 0.444 e. The van der Waals surface area contributed by atoms with Gasteiger partial charge in [-0.3, -0.25) is 0 Å². The fourth-order valence-corrected chi connectivity index (χ4v) is 2.37.